The summed E-state index contributed by atoms with van der Waals surface area (Å²) < 4.78 is 14.7. The SMILES string of the molecule is O=C(O)c1cn2cc(-c3cccc(F)c3)nc2s1. The molecule has 6 heteroatoms. The van der Waals surface area contributed by atoms with Crippen LogP contribution in [0, 0.1) is 5.82 Å². The van der Waals surface area contributed by atoms with Crippen LogP contribution in [0.2, 0.25) is 0 Å². The summed E-state index contributed by atoms with van der Waals surface area (Å²) in [4.78, 5) is 15.9. The van der Waals surface area contributed by atoms with Crippen molar-refractivity contribution in [3.63, 3.8) is 0 Å². The molecular formula is C12H7FN2O2S. The van der Waals surface area contributed by atoms with Crippen molar-refractivity contribution in [1.82, 2.24) is 9.38 Å². The van der Waals surface area contributed by atoms with Crippen LogP contribution in [0.5, 0.6) is 0 Å². The van der Waals surface area contributed by atoms with Crippen molar-refractivity contribution >= 4 is 22.3 Å². The van der Waals surface area contributed by atoms with Crippen molar-refractivity contribution in [2.24, 2.45) is 0 Å². The molecule has 18 heavy (non-hydrogen) atoms. The first-order valence-corrected chi connectivity index (χ1v) is 5.93. The average molecular weight is 262 g/mol. The van der Waals surface area contributed by atoms with Crippen molar-refractivity contribution in [1.29, 1.82) is 0 Å². The van der Waals surface area contributed by atoms with Gasteiger partial charge in [0.2, 0.25) is 0 Å². The van der Waals surface area contributed by atoms with E-state index in [1.807, 2.05) is 0 Å². The Morgan fingerprint density at radius 3 is 2.89 bits per heavy atom. The lowest BCUT2D eigenvalue weighted by molar-refractivity contribution is 0.0702. The Labute approximate surface area is 105 Å². The highest BCUT2D eigenvalue weighted by Gasteiger charge is 2.12. The molecule has 4 nitrogen and oxygen atoms in total. The quantitative estimate of drug-likeness (QED) is 0.772. The first-order valence-electron chi connectivity index (χ1n) is 5.11. The zero-order valence-corrected chi connectivity index (χ0v) is 9.82. The molecule has 0 spiro atoms. The van der Waals surface area contributed by atoms with Gasteiger partial charge in [-0.3, -0.25) is 4.40 Å². The molecule has 0 bridgehead atoms. The molecule has 2 aromatic heterocycles. The second-order valence-electron chi connectivity index (χ2n) is 3.73. The van der Waals surface area contributed by atoms with Gasteiger partial charge in [0.05, 0.1) is 5.69 Å². The van der Waals surface area contributed by atoms with Crippen LogP contribution in [-0.2, 0) is 0 Å². The van der Waals surface area contributed by atoms with Gasteiger partial charge in [-0.1, -0.05) is 23.5 Å². The van der Waals surface area contributed by atoms with Gasteiger partial charge in [0.25, 0.3) is 0 Å². The molecule has 0 aliphatic heterocycles. The van der Waals surface area contributed by atoms with Gasteiger partial charge < -0.3 is 5.11 Å². The van der Waals surface area contributed by atoms with Crippen LogP contribution in [-0.4, -0.2) is 20.5 Å². The van der Waals surface area contributed by atoms with Crippen LogP contribution in [0.15, 0.2) is 36.7 Å². The normalized spacial score (nSPS) is 10.9. The molecule has 0 aliphatic rings. The number of hydrogen-bond acceptors (Lipinski definition) is 3. The average Bonchev–Trinajstić information content (AvgIpc) is 2.86. The van der Waals surface area contributed by atoms with Crippen molar-refractivity contribution < 1.29 is 14.3 Å². The maximum absolute atomic E-state index is 13.1. The Bertz CT molecular complexity index is 716. The largest absolute Gasteiger partial charge is 0.477 e. The summed E-state index contributed by atoms with van der Waals surface area (Å²) >= 11 is 1.08. The summed E-state index contributed by atoms with van der Waals surface area (Å²) in [6, 6.07) is 6.13. The number of fused-ring (bicyclic) bond motifs is 1. The van der Waals surface area contributed by atoms with Crippen LogP contribution in [0.3, 0.4) is 0 Å². The van der Waals surface area contributed by atoms with Crippen LogP contribution in [0.4, 0.5) is 4.39 Å². The lowest BCUT2D eigenvalue weighted by Gasteiger charge is -1.95. The second kappa shape index (κ2) is 3.92. The molecular weight excluding hydrogens is 255 g/mol. The van der Waals surface area contributed by atoms with Gasteiger partial charge in [-0.15, -0.1) is 0 Å². The van der Waals surface area contributed by atoms with Crippen molar-refractivity contribution in [3.8, 4) is 11.3 Å². The van der Waals surface area contributed by atoms with E-state index in [2.05, 4.69) is 4.98 Å². The molecule has 3 aromatic rings. The molecule has 0 amide bonds. The Hall–Kier alpha value is -2.21. The number of halogens is 1. The van der Waals surface area contributed by atoms with E-state index < -0.39 is 5.97 Å². The van der Waals surface area contributed by atoms with Crippen LogP contribution < -0.4 is 0 Å². The minimum absolute atomic E-state index is 0.225. The number of imidazole rings is 1. The van der Waals surface area contributed by atoms with Crippen molar-refractivity contribution in [3.05, 3.63) is 47.4 Å². The highest BCUT2D eigenvalue weighted by atomic mass is 32.1. The Morgan fingerprint density at radius 2 is 2.22 bits per heavy atom. The van der Waals surface area contributed by atoms with Crippen LogP contribution >= 0.6 is 11.3 Å². The lowest BCUT2D eigenvalue weighted by atomic mass is 10.2. The third kappa shape index (κ3) is 1.76. The fourth-order valence-electron chi connectivity index (χ4n) is 1.68. The fourth-order valence-corrected chi connectivity index (χ4v) is 2.49. The number of carbonyl (C=O) groups is 1. The molecule has 3 rings (SSSR count). The summed E-state index contributed by atoms with van der Waals surface area (Å²) in [6.45, 7) is 0. The molecule has 0 aliphatic carbocycles. The number of carboxylic acids is 1. The molecule has 0 atom stereocenters. The minimum atomic E-state index is -0.974. The second-order valence-corrected chi connectivity index (χ2v) is 4.74. The summed E-state index contributed by atoms with van der Waals surface area (Å²) in [5.41, 5.74) is 1.29. The van der Waals surface area contributed by atoms with Crippen LogP contribution in [0.25, 0.3) is 16.2 Å². The van der Waals surface area contributed by atoms with Gasteiger partial charge in [0.1, 0.15) is 10.7 Å². The van der Waals surface area contributed by atoms with Gasteiger partial charge in [-0.2, -0.15) is 0 Å². The smallest absolute Gasteiger partial charge is 0.347 e. The highest BCUT2D eigenvalue weighted by Crippen LogP contribution is 2.24. The summed E-state index contributed by atoms with van der Waals surface area (Å²) in [6.07, 6.45) is 3.19. The van der Waals surface area contributed by atoms with Gasteiger partial charge in [0, 0.05) is 18.0 Å². The number of nitrogens with zero attached hydrogens (tertiary/aromatic N) is 2. The van der Waals surface area contributed by atoms with E-state index in [0.717, 1.165) is 11.3 Å². The van der Waals surface area contributed by atoms with E-state index in [1.165, 1.54) is 18.3 Å². The van der Waals surface area contributed by atoms with Gasteiger partial charge in [-0.25, -0.2) is 14.2 Å². The number of thiazole rings is 1. The maximum Gasteiger partial charge on any atom is 0.347 e. The number of carboxylic acid groups (broad SMARTS) is 1. The molecule has 0 saturated carbocycles. The standard InChI is InChI=1S/C12H7FN2O2S/c13-8-3-1-2-7(4-8)9-5-15-6-10(11(16)17)18-12(15)14-9/h1-6H,(H,16,17). The summed E-state index contributed by atoms with van der Waals surface area (Å²) in [5, 5.41) is 8.85. The molecule has 1 aromatic carbocycles. The summed E-state index contributed by atoms with van der Waals surface area (Å²) in [5.74, 6) is -1.30. The van der Waals surface area contributed by atoms with Gasteiger partial charge in [0.15, 0.2) is 4.96 Å². The number of aromatic carboxylic acids is 1. The first kappa shape index (κ1) is 10.9. The van der Waals surface area contributed by atoms with E-state index in [1.54, 1.807) is 22.7 Å². The Balaban J connectivity index is 2.09. The maximum atomic E-state index is 13.1. The molecule has 90 valence electrons. The summed E-state index contributed by atoms with van der Waals surface area (Å²) in [7, 11) is 0. The molecule has 0 saturated heterocycles. The van der Waals surface area contributed by atoms with Crippen molar-refractivity contribution in [2.45, 2.75) is 0 Å². The predicted octanol–water partition coefficient (Wildman–Crippen LogP) is 2.90. The molecule has 0 unspecified atom stereocenters. The highest BCUT2D eigenvalue weighted by molar-refractivity contribution is 7.18. The number of rotatable bonds is 2. The molecule has 0 radical (unpaired) electrons. The van der Waals surface area contributed by atoms with E-state index in [-0.39, 0.29) is 10.7 Å². The minimum Gasteiger partial charge on any atom is -0.477 e. The van der Waals surface area contributed by atoms with Crippen LogP contribution in [0.1, 0.15) is 9.67 Å². The first-order chi connectivity index (χ1) is 8.63. The number of aromatic nitrogens is 2. The number of benzene rings is 1. The van der Waals surface area contributed by atoms with Gasteiger partial charge in [-0.05, 0) is 12.1 Å². The lowest BCUT2D eigenvalue weighted by Crippen LogP contribution is -1.90. The zero-order chi connectivity index (χ0) is 12.7. The van der Waals surface area contributed by atoms with E-state index >= 15 is 0 Å². The van der Waals surface area contributed by atoms with E-state index in [4.69, 9.17) is 5.11 Å². The topological polar surface area (TPSA) is 54.6 Å². The zero-order valence-electron chi connectivity index (χ0n) is 9.00. The Morgan fingerprint density at radius 1 is 1.39 bits per heavy atom. The third-order valence-corrected chi connectivity index (χ3v) is 3.47. The molecule has 1 N–H and O–H groups in total. The van der Waals surface area contributed by atoms with Gasteiger partial charge >= 0.3 is 5.97 Å². The molecule has 0 fully saturated rings. The van der Waals surface area contributed by atoms with Crippen molar-refractivity contribution in [2.75, 3.05) is 0 Å². The fraction of sp³-hybridized carbons (Fsp3) is 0. The predicted molar refractivity (Wildman–Crippen MR) is 65.4 cm³/mol. The third-order valence-electron chi connectivity index (χ3n) is 2.49. The van der Waals surface area contributed by atoms with E-state index in [9.17, 15) is 9.18 Å². The number of hydrogen-bond donors (Lipinski definition) is 1. The monoisotopic (exact) mass is 262 g/mol. The molecule has 2 heterocycles. The Kier molecular flexibility index (Phi) is 2.38. The van der Waals surface area contributed by atoms with E-state index in [0.29, 0.717) is 16.2 Å².